The topological polar surface area (TPSA) is 93.8 Å². The van der Waals surface area contributed by atoms with Crippen molar-refractivity contribution in [3.8, 4) is 11.4 Å². The number of halogens is 1. The molecular weight excluding hydrogens is 330 g/mol. The van der Waals surface area contributed by atoms with Crippen LogP contribution in [0.15, 0.2) is 54.9 Å². The molecule has 0 saturated heterocycles. The van der Waals surface area contributed by atoms with Gasteiger partial charge in [-0.1, -0.05) is 23.7 Å². The SMILES string of the molecule is O=[N+]([O-])c1cccc(CNc2cc(Cl)nc(-c3cccnc3)n2)c1. The van der Waals surface area contributed by atoms with Crippen LogP contribution >= 0.6 is 11.6 Å². The van der Waals surface area contributed by atoms with Gasteiger partial charge in [-0.25, -0.2) is 9.97 Å². The molecule has 3 aromatic rings. The van der Waals surface area contributed by atoms with Crippen LogP contribution in [0.5, 0.6) is 0 Å². The summed E-state index contributed by atoms with van der Waals surface area (Å²) in [4.78, 5) is 23.0. The number of benzene rings is 1. The fourth-order valence-corrected chi connectivity index (χ4v) is 2.29. The Labute approximate surface area is 142 Å². The predicted octanol–water partition coefficient (Wildman–Crippen LogP) is 3.71. The Bertz CT molecular complexity index is 873. The van der Waals surface area contributed by atoms with Gasteiger partial charge in [0.15, 0.2) is 5.82 Å². The lowest BCUT2D eigenvalue weighted by Crippen LogP contribution is -2.03. The van der Waals surface area contributed by atoms with Crippen molar-refractivity contribution in [3.63, 3.8) is 0 Å². The zero-order valence-corrected chi connectivity index (χ0v) is 13.1. The first-order chi connectivity index (χ1) is 11.6. The number of non-ortho nitro benzene ring substituents is 1. The van der Waals surface area contributed by atoms with E-state index in [9.17, 15) is 10.1 Å². The molecule has 0 radical (unpaired) electrons. The molecule has 0 spiro atoms. The van der Waals surface area contributed by atoms with Crippen molar-refractivity contribution in [2.24, 2.45) is 0 Å². The Morgan fingerprint density at radius 3 is 2.79 bits per heavy atom. The highest BCUT2D eigenvalue weighted by atomic mass is 35.5. The number of nitro benzene ring substituents is 1. The van der Waals surface area contributed by atoms with E-state index in [0.717, 1.165) is 11.1 Å². The molecule has 120 valence electrons. The van der Waals surface area contributed by atoms with Crippen LogP contribution in [0.2, 0.25) is 5.15 Å². The van der Waals surface area contributed by atoms with E-state index in [-0.39, 0.29) is 5.69 Å². The standard InChI is InChI=1S/C16H12ClN5O2/c17-14-8-15(21-16(20-14)12-4-2-6-18-10-12)19-9-11-3-1-5-13(7-11)22(23)24/h1-8,10H,9H2,(H,19,20,21). The quantitative estimate of drug-likeness (QED) is 0.432. The number of aromatic nitrogens is 3. The van der Waals surface area contributed by atoms with Crippen molar-refractivity contribution < 1.29 is 4.92 Å². The third-order valence-electron chi connectivity index (χ3n) is 3.21. The molecule has 24 heavy (non-hydrogen) atoms. The van der Waals surface area contributed by atoms with Crippen LogP contribution in [0, 0.1) is 10.1 Å². The lowest BCUT2D eigenvalue weighted by atomic mass is 10.2. The Kier molecular flexibility index (Phi) is 4.62. The minimum absolute atomic E-state index is 0.0473. The van der Waals surface area contributed by atoms with Gasteiger partial charge in [0.1, 0.15) is 11.0 Å². The molecule has 0 amide bonds. The molecule has 2 heterocycles. The summed E-state index contributed by atoms with van der Waals surface area (Å²) in [5.41, 5.74) is 1.56. The van der Waals surface area contributed by atoms with E-state index >= 15 is 0 Å². The first-order valence-electron chi connectivity index (χ1n) is 7.04. The van der Waals surface area contributed by atoms with E-state index in [1.54, 1.807) is 36.7 Å². The Morgan fingerprint density at radius 2 is 2.04 bits per heavy atom. The van der Waals surface area contributed by atoms with Crippen LogP contribution < -0.4 is 5.32 Å². The zero-order valence-electron chi connectivity index (χ0n) is 12.4. The van der Waals surface area contributed by atoms with E-state index in [4.69, 9.17) is 11.6 Å². The molecule has 0 atom stereocenters. The highest BCUT2D eigenvalue weighted by molar-refractivity contribution is 6.29. The molecule has 0 unspecified atom stereocenters. The largest absolute Gasteiger partial charge is 0.366 e. The van der Waals surface area contributed by atoms with Gasteiger partial charge in [0.2, 0.25) is 0 Å². The Balaban J connectivity index is 1.80. The number of nitrogens with one attached hydrogen (secondary N) is 1. The van der Waals surface area contributed by atoms with Crippen molar-refractivity contribution >= 4 is 23.1 Å². The van der Waals surface area contributed by atoms with E-state index in [1.165, 1.54) is 12.1 Å². The number of hydrogen-bond donors (Lipinski definition) is 1. The van der Waals surface area contributed by atoms with Gasteiger partial charge in [-0.05, 0) is 17.7 Å². The van der Waals surface area contributed by atoms with E-state index in [1.807, 2.05) is 6.07 Å². The van der Waals surface area contributed by atoms with Crippen molar-refractivity contribution in [1.82, 2.24) is 15.0 Å². The van der Waals surface area contributed by atoms with E-state index in [2.05, 4.69) is 20.3 Å². The Morgan fingerprint density at radius 1 is 1.17 bits per heavy atom. The molecule has 0 aliphatic rings. The molecular formula is C16H12ClN5O2. The lowest BCUT2D eigenvalue weighted by Gasteiger charge is -2.08. The van der Waals surface area contributed by atoms with Gasteiger partial charge in [0, 0.05) is 42.7 Å². The lowest BCUT2D eigenvalue weighted by molar-refractivity contribution is -0.384. The number of rotatable bonds is 5. The summed E-state index contributed by atoms with van der Waals surface area (Å²) >= 11 is 6.05. The smallest absolute Gasteiger partial charge is 0.269 e. The summed E-state index contributed by atoms with van der Waals surface area (Å²) in [6.07, 6.45) is 3.31. The van der Waals surface area contributed by atoms with Gasteiger partial charge >= 0.3 is 0 Å². The molecule has 0 bridgehead atoms. The van der Waals surface area contributed by atoms with Crippen molar-refractivity contribution in [2.45, 2.75) is 6.54 Å². The number of pyridine rings is 1. The third kappa shape index (κ3) is 3.82. The second-order valence-electron chi connectivity index (χ2n) is 4.92. The highest BCUT2D eigenvalue weighted by Crippen LogP contribution is 2.20. The fraction of sp³-hybridized carbons (Fsp3) is 0.0625. The van der Waals surface area contributed by atoms with Crippen LogP contribution in [-0.2, 0) is 6.54 Å². The van der Waals surface area contributed by atoms with E-state index in [0.29, 0.717) is 23.3 Å². The molecule has 2 aromatic heterocycles. The monoisotopic (exact) mass is 341 g/mol. The maximum atomic E-state index is 10.8. The molecule has 0 aliphatic carbocycles. The van der Waals surface area contributed by atoms with Gasteiger partial charge in [0.25, 0.3) is 5.69 Å². The molecule has 0 aliphatic heterocycles. The molecule has 1 aromatic carbocycles. The summed E-state index contributed by atoms with van der Waals surface area (Å²) in [6.45, 7) is 0.376. The number of nitrogens with zero attached hydrogens (tertiary/aromatic N) is 4. The molecule has 0 fully saturated rings. The fourth-order valence-electron chi connectivity index (χ4n) is 2.10. The third-order valence-corrected chi connectivity index (χ3v) is 3.40. The van der Waals surface area contributed by atoms with Crippen LogP contribution in [0.4, 0.5) is 11.5 Å². The molecule has 1 N–H and O–H groups in total. The van der Waals surface area contributed by atoms with Crippen molar-refractivity contribution in [2.75, 3.05) is 5.32 Å². The predicted molar refractivity (Wildman–Crippen MR) is 90.7 cm³/mol. The molecule has 0 saturated carbocycles. The van der Waals surface area contributed by atoms with Gasteiger partial charge in [-0.3, -0.25) is 15.1 Å². The average Bonchev–Trinajstić information content (AvgIpc) is 2.60. The average molecular weight is 342 g/mol. The van der Waals surface area contributed by atoms with Crippen molar-refractivity contribution in [1.29, 1.82) is 0 Å². The second-order valence-corrected chi connectivity index (χ2v) is 5.31. The molecule has 8 heteroatoms. The van der Waals surface area contributed by atoms with Crippen LogP contribution in [0.25, 0.3) is 11.4 Å². The van der Waals surface area contributed by atoms with Gasteiger partial charge in [0.05, 0.1) is 4.92 Å². The minimum Gasteiger partial charge on any atom is -0.366 e. The first kappa shape index (κ1) is 15.8. The van der Waals surface area contributed by atoms with Gasteiger partial charge in [-0.2, -0.15) is 0 Å². The van der Waals surface area contributed by atoms with E-state index < -0.39 is 4.92 Å². The normalized spacial score (nSPS) is 10.4. The first-order valence-corrected chi connectivity index (χ1v) is 7.42. The molecule has 3 rings (SSSR count). The second kappa shape index (κ2) is 7.01. The van der Waals surface area contributed by atoms with Crippen LogP contribution in [0.1, 0.15) is 5.56 Å². The summed E-state index contributed by atoms with van der Waals surface area (Å²) in [5, 5.41) is 14.2. The number of hydrogen-bond acceptors (Lipinski definition) is 6. The molecule has 7 nitrogen and oxygen atoms in total. The summed E-state index contributed by atoms with van der Waals surface area (Å²) < 4.78 is 0. The maximum absolute atomic E-state index is 10.8. The Hall–Kier alpha value is -3.06. The number of anilines is 1. The summed E-state index contributed by atoms with van der Waals surface area (Å²) in [5.74, 6) is 0.984. The summed E-state index contributed by atoms with van der Waals surface area (Å²) in [7, 11) is 0. The summed E-state index contributed by atoms with van der Waals surface area (Å²) in [6, 6.07) is 11.6. The van der Waals surface area contributed by atoms with Crippen molar-refractivity contribution in [3.05, 3.63) is 75.7 Å². The number of nitro groups is 1. The zero-order chi connectivity index (χ0) is 16.9. The van der Waals surface area contributed by atoms with Gasteiger partial charge in [-0.15, -0.1) is 0 Å². The van der Waals surface area contributed by atoms with Gasteiger partial charge < -0.3 is 5.32 Å². The maximum Gasteiger partial charge on any atom is 0.269 e. The minimum atomic E-state index is -0.425. The highest BCUT2D eigenvalue weighted by Gasteiger charge is 2.08. The van der Waals surface area contributed by atoms with Crippen LogP contribution in [0.3, 0.4) is 0 Å². The van der Waals surface area contributed by atoms with Crippen LogP contribution in [-0.4, -0.2) is 19.9 Å².